The van der Waals surface area contributed by atoms with E-state index in [9.17, 15) is 15.0 Å². The number of ether oxygens (including phenoxy) is 1. The summed E-state index contributed by atoms with van der Waals surface area (Å²) in [6.07, 6.45) is 1.41. The van der Waals surface area contributed by atoms with Gasteiger partial charge in [0, 0.05) is 26.7 Å². The van der Waals surface area contributed by atoms with Crippen molar-refractivity contribution in [2.45, 2.75) is 6.61 Å². The predicted molar refractivity (Wildman–Crippen MR) is 115 cm³/mol. The first-order valence-corrected chi connectivity index (χ1v) is 9.61. The highest BCUT2D eigenvalue weighted by molar-refractivity contribution is 9.10. The third-order valence-corrected chi connectivity index (χ3v) is 4.58. The SMILES string of the molecule is O=C(N/N=C/c1cc(Cl)ccc1OCc1ccc(Br)cc1)c1cc(O)cc(O)c1. The molecule has 3 aromatic rings. The lowest BCUT2D eigenvalue weighted by Crippen LogP contribution is -2.17. The number of hydrogen-bond acceptors (Lipinski definition) is 5. The second-order valence-electron chi connectivity index (χ2n) is 6.03. The zero-order chi connectivity index (χ0) is 20.8. The summed E-state index contributed by atoms with van der Waals surface area (Å²) in [5.41, 5.74) is 3.97. The Bertz CT molecular complexity index is 1030. The van der Waals surface area contributed by atoms with Crippen molar-refractivity contribution in [3.05, 3.63) is 86.8 Å². The summed E-state index contributed by atoms with van der Waals surface area (Å²) in [6.45, 7) is 0.352. The van der Waals surface area contributed by atoms with E-state index in [1.165, 1.54) is 18.3 Å². The fourth-order valence-electron chi connectivity index (χ4n) is 2.44. The molecule has 0 spiro atoms. The molecule has 0 aliphatic heterocycles. The van der Waals surface area contributed by atoms with Crippen LogP contribution in [0.5, 0.6) is 17.2 Å². The minimum absolute atomic E-state index is 0.0671. The monoisotopic (exact) mass is 474 g/mol. The summed E-state index contributed by atoms with van der Waals surface area (Å²) >= 11 is 9.45. The molecule has 0 saturated carbocycles. The van der Waals surface area contributed by atoms with Crippen molar-refractivity contribution >= 4 is 39.7 Å². The summed E-state index contributed by atoms with van der Waals surface area (Å²) in [6, 6.07) is 16.4. The molecule has 0 radical (unpaired) electrons. The number of hydrogen-bond donors (Lipinski definition) is 3. The van der Waals surface area contributed by atoms with E-state index in [1.54, 1.807) is 18.2 Å². The number of carbonyl (C=O) groups excluding carboxylic acids is 1. The van der Waals surface area contributed by atoms with E-state index >= 15 is 0 Å². The fraction of sp³-hybridized carbons (Fsp3) is 0.0476. The summed E-state index contributed by atoms with van der Waals surface area (Å²) in [4.78, 5) is 12.1. The summed E-state index contributed by atoms with van der Waals surface area (Å²) < 4.78 is 6.83. The van der Waals surface area contributed by atoms with Crippen LogP contribution in [0.25, 0.3) is 0 Å². The molecule has 0 atom stereocenters. The zero-order valence-electron chi connectivity index (χ0n) is 15.0. The molecule has 6 nitrogen and oxygen atoms in total. The van der Waals surface area contributed by atoms with Crippen LogP contribution in [0.3, 0.4) is 0 Å². The highest BCUT2D eigenvalue weighted by atomic mass is 79.9. The van der Waals surface area contributed by atoms with Gasteiger partial charge < -0.3 is 14.9 Å². The number of amides is 1. The molecule has 0 saturated heterocycles. The number of hydrazone groups is 1. The minimum Gasteiger partial charge on any atom is -0.508 e. The third-order valence-electron chi connectivity index (χ3n) is 3.81. The van der Waals surface area contributed by atoms with E-state index in [2.05, 4.69) is 26.5 Å². The van der Waals surface area contributed by atoms with Crippen LogP contribution in [-0.2, 0) is 6.61 Å². The normalized spacial score (nSPS) is 10.8. The van der Waals surface area contributed by atoms with Gasteiger partial charge in [-0.2, -0.15) is 5.10 Å². The first kappa shape index (κ1) is 20.7. The first-order valence-electron chi connectivity index (χ1n) is 8.44. The van der Waals surface area contributed by atoms with Gasteiger partial charge in [0.25, 0.3) is 5.91 Å². The van der Waals surface area contributed by atoms with Gasteiger partial charge in [-0.1, -0.05) is 39.7 Å². The van der Waals surface area contributed by atoms with Crippen molar-refractivity contribution in [2.75, 3.05) is 0 Å². The predicted octanol–water partition coefficient (Wildman–Crippen LogP) is 4.86. The van der Waals surface area contributed by atoms with Crippen LogP contribution in [-0.4, -0.2) is 22.3 Å². The molecule has 3 N–H and O–H groups in total. The van der Waals surface area contributed by atoms with E-state index < -0.39 is 5.91 Å². The average molecular weight is 476 g/mol. The lowest BCUT2D eigenvalue weighted by atomic mass is 10.2. The molecule has 0 unspecified atom stereocenters. The number of carbonyl (C=O) groups is 1. The average Bonchev–Trinajstić information content (AvgIpc) is 2.68. The lowest BCUT2D eigenvalue weighted by Gasteiger charge is -2.10. The minimum atomic E-state index is -0.591. The molecule has 3 rings (SSSR count). The van der Waals surface area contributed by atoms with Crippen molar-refractivity contribution in [3.8, 4) is 17.2 Å². The Labute approximate surface area is 180 Å². The number of halogens is 2. The standard InChI is InChI=1S/C21H16BrClN2O4/c22-16-3-1-13(2-4-16)12-29-20-6-5-17(23)7-15(20)11-24-25-21(28)14-8-18(26)10-19(27)9-14/h1-11,26-27H,12H2,(H,25,28)/b24-11+. The van der Waals surface area contributed by atoms with Crippen molar-refractivity contribution in [2.24, 2.45) is 5.10 Å². The Morgan fingerprint density at radius 1 is 1.07 bits per heavy atom. The smallest absolute Gasteiger partial charge is 0.271 e. The Morgan fingerprint density at radius 2 is 1.76 bits per heavy atom. The van der Waals surface area contributed by atoms with Gasteiger partial charge in [0.1, 0.15) is 23.9 Å². The third kappa shape index (κ3) is 5.97. The number of aromatic hydroxyl groups is 2. The first-order chi connectivity index (χ1) is 13.9. The van der Waals surface area contributed by atoms with Gasteiger partial charge in [-0.25, -0.2) is 5.43 Å². The van der Waals surface area contributed by atoms with Gasteiger partial charge >= 0.3 is 0 Å². The molecule has 3 aromatic carbocycles. The molecular formula is C21H16BrClN2O4. The van der Waals surface area contributed by atoms with Crippen LogP contribution in [0.15, 0.2) is 70.2 Å². The maximum absolute atomic E-state index is 12.1. The largest absolute Gasteiger partial charge is 0.508 e. The number of nitrogens with zero attached hydrogens (tertiary/aromatic N) is 1. The second-order valence-corrected chi connectivity index (χ2v) is 7.39. The van der Waals surface area contributed by atoms with Gasteiger partial charge in [-0.3, -0.25) is 4.79 Å². The zero-order valence-corrected chi connectivity index (χ0v) is 17.3. The molecular weight excluding hydrogens is 460 g/mol. The number of phenols is 2. The summed E-state index contributed by atoms with van der Waals surface area (Å²) in [5, 5.41) is 23.3. The van der Waals surface area contributed by atoms with Crippen LogP contribution < -0.4 is 10.2 Å². The Morgan fingerprint density at radius 3 is 2.45 bits per heavy atom. The molecule has 29 heavy (non-hydrogen) atoms. The van der Waals surface area contributed by atoms with Crippen molar-refractivity contribution < 1.29 is 19.7 Å². The molecule has 148 valence electrons. The molecule has 0 bridgehead atoms. The van der Waals surface area contributed by atoms with Crippen LogP contribution in [0.2, 0.25) is 5.02 Å². The quantitative estimate of drug-likeness (QED) is 0.351. The van der Waals surface area contributed by atoms with Crippen molar-refractivity contribution in [3.63, 3.8) is 0 Å². The Balaban J connectivity index is 1.70. The van der Waals surface area contributed by atoms with E-state index in [1.807, 2.05) is 24.3 Å². The maximum atomic E-state index is 12.1. The molecule has 0 heterocycles. The fourth-order valence-corrected chi connectivity index (χ4v) is 2.89. The molecule has 0 aliphatic rings. The van der Waals surface area contributed by atoms with E-state index in [0.29, 0.717) is 22.9 Å². The summed E-state index contributed by atoms with van der Waals surface area (Å²) in [7, 11) is 0. The Kier molecular flexibility index (Phi) is 6.74. The summed E-state index contributed by atoms with van der Waals surface area (Å²) in [5.74, 6) is -0.493. The number of phenolic OH excluding ortho intramolecular Hbond substituents is 2. The van der Waals surface area contributed by atoms with Crippen LogP contribution >= 0.6 is 27.5 Å². The highest BCUT2D eigenvalue weighted by Gasteiger charge is 2.08. The maximum Gasteiger partial charge on any atom is 0.271 e. The van der Waals surface area contributed by atoms with E-state index in [4.69, 9.17) is 16.3 Å². The molecule has 0 aliphatic carbocycles. The topological polar surface area (TPSA) is 91.2 Å². The van der Waals surface area contributed by atoms with Crippen molar-refractivity contribution in [1.29, 1.82) is 0 Å². The highest BCUT2D eigenvalue weighted by Crippen LogP contribution is 2.23. The van der Waals surface area contributed by atoms with Gasteiger partial charge in [-0.15, -0.1) is 0 Å². The van der Waals surface area contributed by atoms with Crippen LogP contribution in [0, 0.1) is 0 Å². The van der Waals surface area contributed by atoms with Gasteiger partial charge in [0.05, 0.1) is 6.21 Å². The van der Waals surface area contributed by atoms with Crippen molar-refractivity contribution in [1.82, 2.24) is 5.43 Å². The molecule has 8 heteroatoms. The number of nitrogens with one attached hydrogen (secondary N) is 1. The molecule has 0 fully saturated rings. The van der Waals surface area contributed by atoms with E-state index in [0.717, 1.165) is 16.1 Å². The molecule has 1 amide bonds. The lowest BCUT2D eigenvalue weighted by molar-refractivity contribution is 0.0954. The van der Waals surface area contributed by atoms with Gasteiger partial charge in [0.15, 0.2) is 0 Å². The van der Waals surface area contributed by atoms with Crippen LogP contribution in [0.4, 0.5) is 0 Å². The number of rotatable bonds is 6. The van der Waals surface area contributed by atoms with Crippen LogP contribution in [0.1, 0.15) is 21.5 Å². The molecule has 0 aromatic heterocycles. The van der Waals surface area contributed by atoms with Gasteiger partial charge in [-0.05, 0) is 48.0 Å². The Hall–Kier alpha value is -3.03. The van der Waals surface area contributed by atoms with E-state index in [-0.39, 0.29) is 17.1 Å². The number of benzene rings is 3. The second kappa shape index (κ2) is 9.45. The van der Waals surface area contributed by atoms with Gasteiger partial charge in [0.2, 0.25) is 0 Å².